The second kappa shape index (κ2) is 9.07. The summed E-state index contributed by atoms with van der Waals surface area (Å²) in [5.74, 6) is 0.607. The molecule has 6 heteroatoms. The summed E-state index contributed by atoms with van der Waals surface area (Å²) >= 11 is 0. The summed E-state index contributed by atoms with van der Waals surface area (Å²) in [4.78, 5) is 19.9. The molecule has 1 aliphatic heterocycles. The first-order valence-electron chi connectivity index (χ1n) is 13.0. The summed E-state index contributed by atoms with van der Waals surface area (Å²) in [6, 6.07) is 11.3. The first-order valence-corrected chi connectivity index (χ1v) is 13.0. The molecule has 0 radical (unpaired) electrons. The van der Waals surface area contributed by atoms with Gasteiger partial charge in [0.15, 0.2) is 0 Å². The van der Waals surface area contributed by atoms with Crippen molar-refractivity contribution in [3.63, 3.8) is 0 Å². The molecule has 1 saturated carbocycles. The van der Waals surface area contributed by atoms with Gasteiger partial charge in [-0.1, -0.05) is 36.4 Å². The highest BCUT2D eigenvalue weighted by atomic mass is 16.3. The number of aromatic nitrogens is 1. The number of fused-ring (bicyclic) bond motifs is 1. The third kappa shape index (κ3) is 4.62. The van der Waals surface area contributed by atoms with Gasteiger partial charge >= 0.3 is 0 Å². The minimum Gasteiger partial charge on any atom is -0.390 e. The van der Waals surface area contributed by atoms with Crippen molar-refractivity contribution in [2.24, 2.45) is 5.92 Å². The first-order chi connectivity index (χ1) is 16.7. The Kier molecular flexibility index (Phi) is 6.22. The molecular weight excluding hydrogens is 436 g/mol. The number of nitrogens with one attached hydrogen (secondary N) is 1. The van der Waals surface area contributed by atoms with Gasteiger partial charge in [-0.25, -0.2) is 4.98 Å². The van der Waals surface area contributed by atoms with Crippen LogP contribution in [-0.2, 0) is 5.41 Å². The molecule has 3 aliphatic rings. The van der Waals surface area contributed by atoms with E-state index in [0.29, 0.717) is 30.4 Å². The number of carbonyl (C=O) groups excluding carboxylic acids is 1. The fourth-order valence-electron chi connectivity index (χ4n) is 6.15. The lowest BCUT2D eigenvalue weighted by Gasteiger charge is -2.33. The van der Waals surface area contributed by atoms with E-state index in [-0.39, 0.29) is 23.2 Å². The van der Waals surface area contributed by atoms with E-state index in [9.17, 15) is 9.90 Å². The van der Waals surface area contributed by atoms with E-state index in [2.05, 4.69) is 65.5 Å². The Labute approximate surface area is 208 Å². The summed E-state index contributed by atoms with van der Waals surface area (Å²) in [6.45, 7) is 8.63. The zero-order chi connectivity index (χ0) is 24.8. The Hall–Kier alpha value is -2.70. The highest BCUT2D eigenvalue weighted by Crippen LogP contribution is 2.47. The van der Waals surface area contributed by atoms with E-state index in [1.54, 1.807) is 6.20 Å². The van der Waals surface area contributed by atoms with Crippen molar-refractivity contribution in [1.82, 2.24) is 15.2 Å². The van der Waals surface area contributed by atoms with Gasteiger partial charge in [0.1, 0.15) is 5.82 Å². The molecule has 5 rings (SSSR count). The number of nitrogens with zero attached hydrogens (tertiary/aromatic N) is 2. The van der Waals surface area contributed by atoms with E-state index in [1.807, 2.05) is 13.0 Å². The quantitative estimate of drug-likeness (QED) is 0.562. The molecule has 0 bridgehead atoms. The Bertz CT molecular complexity index is 1110. The fraction of sp³-hybridized carbons (Fsp3) is 0.517. The van der Waals surface area contributed by atoms with Gasteiger partial charge in [0.05, 0.1) is 11.2 Å². The molecular formula is C29H38N4O2. The number of nitrogen functional groups attached to an aromatic ring is 1. The Balaban J connectivity index is 1.33. The maximum absolute atomic E-state index is 13.0. The lowest BCUT2D eigenvalue weighted by Crippen LogP contribution is -2.42. The van der Waals surface area contributed by atoms with Crippen molar-refractivity contribution in [3.8, 4) is 11.1 Å². The Morgan fingerprint density at radius 1 is 1.20 bits per heavy atom. The second-order valence-electron chi connectivity index (χ2n) is 11.4. The molecule has 35 heavy (non-hydrogen) atoms. The number of amides is 1. The van der Waals surface area contributed by atoms with Crippen molar-refractivity contribution >= 4 is 11.7 Å². The van der Waals surface area contributed by atoms with Crippen LogP contribution < -0.4 is 11.1 Å². The van der Waals surface area contributed by atoms with Crippen LogP contribution in [0.15, 0.2) is 48.7 Å². The highest BCUT2D eigenvalue weighted by Gasteiger charge is 2.48. The van der Waals surface area contributed by atoms with Crippen molar-refractivity contribution in [1.29, 1.82) is 0 Å². The Morgan fingerprint density at radius 2 is 1.91 bits per heavy atom. The number of nitrogens with two attached hydrogens (primary N) is 1. The molecule has 186 valence electrons. The van der Waals surface area contributed by atoms with Crippen molar-refractivity contribution in [3.05, 3.63) is 59.8 Å². The van der Waals surface area contributed by atoms with E-state index in [1.165, 1.54) is 5.56 Å². The van der Waals surface area contributed by atoms with Gasteiger partial charge in [-0.3, -0.25) is 9.69 Å². The number of allylic oxidation sites excluding steroid dienone is 1. The van der Waals surface area contributed by atoms with Gasteiger partial charge in [-0.05, 0) is 70.1 Å². The second-order valence-corrected chi connectivity index (χ2v) is 11.4. The van der Waals surface area contributed by atoms with Crippen LogP contribution in [0.4, 0.5) is 5.82 Å². The molecule has 1 saturated heterocycles. The Morgan fingerprint density at radius 3 is 2.60 bits per heavy atom. The third-order valence-corrected chi connectivity index (χ3v) is 8.56. The molecule has 2 heterocycles. The largest absolute Gasteiger partial charge is 0.390 e. The summed E-state index contributed by atoms with van der Waals surface area (Å²) in [6.07, 6.45) is 10.5. The number of likely N-dealkylation sites (tertiary alicyclic amines) is 1. The average Bonchev–Trinajstić information content (AvgIpc) is 3.40. The molecule has 2 fully saturated rings. The minimum atomic E-state index is -0.631. The van der Waals surface area contributed by atoms with Crippen LogP contribution in [0.3, 0.4) is 0 Å². The van der Waals surface area contributed by atoms with Gasteiger partial charge < -0.3 is 16.2 Å². The van der Waals surface area contributed by atoms with Crippen LogP contribution in [0.5, 0.6) is 0 Å². The molecule has 6 nitrogen and oxygen atoms in total. The zero-order valence-electron chi connectivity index (χ0n) is 21.1. The number of benzene rings is 1. The van der Waals surface area contributed by atoms with Crippen LogP contribution in [0.1, 0.15) is 68.8 Å². The van der Waals surface area contributed by atoms with Gasteiger partial charge in [0.2, 0.25) is 0 Å². The summed E-state index contributed by atoms with van der Waals surface area (Å²) in [5.41, 5.74) is 9.33. The molecule has 2 aromatic rings. The topological polar surface area (TPSA) is 91.5 Å². The van der Waals surface area contributed by atoms with E-state index < -0.39 is 5.60 Å². The molecule has 0 unspecified atom stereocenters. The van der Waals surface area contributed by atoms with Crippen molar-refractivity contribution in [2.45, 2.75) is 76.0 Å². The normalized spacial score (nSPS) is 30.5. The number of anilines is 1. The SMILES string of the molecule is CC(C)N1C[C@H]2C=CC[C@@]2(c2ccc(-c3cnc(N)c(C(=O)N[C@H]4CC[C@](C)(O)CC4)c3)cc2)C1. The van der Waals surface area contributed by atoms with Crippen LogP contribution in [0.2, 0.25) is 0 Å². The molecule has 1 amide bonds. The summed E-state index contributed by atoms with van der Waals surface area (Å²) in [7, 11) is 0. The number of hydrogen-bond acceptors (Lipinski definition) is 5. The standard InChI is InChI=1S/C29H38N4O2/c1-19(2)33-17-23-5-4-12-29(23,18-33)22-8-6-20(7-9-22)21-15-25(26(30)31-16-21)27(34)32-24-10-13-28(3,35)14-11-24/h4-9,15-16,19,23-24,35H,10-14,17-18H2,1-3H3,(H2,30,31)(H,32,34)/t23-,24-,28-,29+/m1/s1. The van der Waals surface area contributed by atoms with Gasteiger partial charge in [-0.15, -0.1) is 0 Å². The lowest BCUT2D eigenvalue weighted by molar-refractivity contribution is 0.0140. The van der Waals surface area contributed by atoms with E-state index in [0.717, 1.165) is 43.5 Å². The number of pyridine rings is 1. The maximum Gasteiger partial charge on any atom is 0.255 e. The zero-order valence-corrected chi connectivity index (χ0v) is 21.1. The molecule has 0 spiro atoms. The highest BCUT2D eigenvalue weighted by molar-refractivity contribution is 5.99. The number of rotatable bonds is 5. The number of hydrogen-bond donors (Lipinski definition) is 3. The predicted molar refractivity (Wildman–Crippen MR) is 140 cm³/mol. The van der Waals surface area contributed by atoms with Gasteiger partial charge in [0.25, 0.3) is 5.91 Å². The summed E-state index contributed by atoms with van der Waals surface area (Å²) in [5, 5.41) is 13.3. The fourth-order valence-corrected chi connectivity index (χ4v) is 6.15. The van der Waals surface area contributed by atoms with E-state index in [4.69, 9.17) is 5.73 Å². The maximum atomic E-state index is 13.0. The summed E-state index contributed by atoms with van der Waals surface area (Å²) < 4.78 is 0. The lowest BCUT2D eigenvalue weighted by atomic mass is 9.73. The van der Waals surface area contributed by atoms with Crippen LogP contribution in [-0.4, -0.2) is 51.7 Å². The molecule has 1 aromatic heterocycles. The van der Waals surface area contributed by atoms with Gasteiger partial charge in [0, 0.05) is 48.3 Å². The van der Waals surface area contributed by atoms with Crippen molar-refractivity contribution < 1.29 is 9.90 Å². The van der Waals surface area contributed by atoms with Crippen LogP contribution >= 0.6 is 0 Å². The van der Waals surface area contributed by atoms with Crippen LogP contribution in [0.25, 0.3) is 11.1 Å². The first kappa shape index (κ1) is 24.0. The average molecular weight is 475 g/mol. The minimum absolute atomic E-state index is 0.0501. The van der Waals surface area contributed by atoms with E-state index >= 15 is 0 Å². The molecule has 2 aliphatic carbocycles. The molecule has 2 atom stereocenters. The molecule has 1 aromatic carbocycles. The van der Waals surface area contributed by atoms with Gasteiger partial charge in [-0.2, -0.15) is 0 Å². The van der Waals surface area contributed by atoms with Crippen molar-refractivity contribution in [2.75, 3.05) is 18.8 Å². The van der Waals surface area contributed by atoms with Crippen LogP contribution in [0, 0.1) is 5.92 Å². The smallest absolute Gasteiger partial charge is 0.255 e. The number of carbonyl (C=O) groups is 1. The monoisotopic (exact) mass is 474 g/mol. The molecule has 4 N–H and O–H groups in total. The predicted octanol–water partition coefficient (Wildman–Crippen LogP) is 4.29. The third-order valence-electron chi connectivity index (χ3n) is 8.56. The number of aliphatic hydroxyl groups is 1.